The molecule has 2 atom stereocenters. The summed E-state index contributed by atoms with van der Waals surface area (Å²) in [5.74, 6) is 0.0832. The fourth-order valence-corrected chi connectivity index (χ4v) is 3.01. The van der Waals surface area contributed by atoms with Gasteiger partial charge in [0.1, 0.15) is 6.04 Å². The van der Waals surface area contributed by atoms with Gasteiger partial charge in [0.2, 0.25) is 11.8 Å². The summed E-state index contributed by atoms with van der Waals surface area (Å²) in [4.78, 5) is 26.3. The Morgan fingerprint density at radius 3 is 2.75 bits per heavy atom. The lowest BCUT2D eigenvalue weighted by molar-refractivity contribution is -0.126. The van der Waals surface area contributed by atoms with E-state index in [1.165, 1.54) is 0 Å². The Labute approximate surface area is 133 Å². The van der Waals surface area contributed by atoms with E-state index in [-0.39, 0.29) is 17.7 Å². The Balaban J connectivity index is 2.35. The van der Waals surface area contributed by atoms with Crippen LogP contribution in [0.4, 0.5) is 5.69 Å². The number of anilines is 1. The highest BCUT2D eigenvalue weighted by molar-refractivity contribution is 14.1. The highest BCUT2D eigenvalue weighted by Gasteiger charge is 2.34. The van der Waals surface area contributed by atoms with Crippen molar-refractivity contribution < 1.29 is 9.59 Å². The molecule has 5 heteroatoms. The summed E-state index contributed by atoms with van der Waals surface area (Å²) in [6.45, 7) is 4.48. The van der Waals surface area contributed by atoms with Crippen LogP contribution in [-0.2, 0) is 9.59 Å². The number of hydrogen-bond donors (Lipinski definition) is 1. The lowest BCUT2D eigenvalue weighted by atomic mass is 9.98. The highest BCUT2D eigenvalue weighted by Crippen LogP contribution is 2.25. The second kappa shape index (κ2) is 6.56. The number of nitrogens with one attached hydrogen (secondary N) is 1. The Bertz CT molecular complexity index is 518. The zero-order valence-corrected chi connectivity index (χ0v) is 13.9. The molecule has 0 aliphatic carbocycles. The number of carbonyl (C=O) groups excluding carboxylic acids is 2. The van der Waals surface area contributed by atoms with E-state index >= 15 is 0 Å². The molecule has 1 heterocycles. The summed E-state index contributed by atoms with van der Waals surface area (Å²) < 4.78 is 1.02. The normalized spacial score (nSPS) is 21.4. The van der Waals surface area contributed by atoms with Crippen LogP contribution in [0.5, 0.6) is 0 Å². The maximum Gasteiger partial charge on any atom is 0.249 e. The van der Waals surface area contributed by atoms with Crippen molar-refractivity contribution in [2.75, 3.05) is 11.4 Å². The van der Waals surface area contributed by atoms with Crippen molar-refractivity contribution in [2.45, 2.75) is 32.7 Å². The molecule has 0 saturated carbocycles. The first kappa shape index (κ1) is 15.3. The number of halogens is 1. The highest BCUT2D eigenvalue weighted by atomic mass is 127. The molecule has 20 heavy (non-hydrogen) atoms. The smallest absolute Gasteiger partial charge is 0.249 e. The lowest BCUT2D eigenvalue weighted by Gasteiger charge is -2.27. The van der Waals surface area contributed by atoms with Gasteiger partial charge < -0.3 is 10.2 Å². The van der Waals surface area contributed by atoms with Gasteiger partial charge in [0.05, 0.1) is 5.69 Å². The molecule has 1 aromatic carbocycles. The van der Waals surface area contributed by atoms with Crippen molar-refractivity contribution in [3.8, 4) is 0 Å². The van der Waals surface area contributed by atoms with E-state index in [2.05, 4.69) is 27.9 Å². The fourth-order valence-electron chi connectivity index (χ4n) is 2.33. The lowest BCUT2D eigenvalue weighted by Crippen LogP contribution is -2.48. The first-order chi connectivity index (χ1) is 9.54. The van der Waals surface area contributed by atoms with E-state index in [9.17, 15) is 9.59 Å². The molecule has 2 unspecified atom stereocenters. The molecule has 1 N–H and O–H groups in total. The zero-order valence-electron chi connectivity index (χ0n) is 11.7. The molecule has 1 aliphatic rings. The number of rotatable bonds is 3. The number of hydrogen-bond acceptors (Lipinski definition) is 2. The van der Waals surface area contributed by atoms with Crippen LogP contribution in [-0.4, -0.2) is 24.4 Å². The van der Waals surface area contributed by atoms with E-state index in [1.54, 1.807) is 4.90 Å². The van der Waals surface area contributed by atoms with Gasteiger partial charge >= 0.3 is 0 Å². The molecule has 1 saturated heterocycles. The molecule has 0 radical (unpaired) electrons. The molecule has 2 rings (SSSR count). The van der Waals surface area contributed by atoms with Gasteiger partial charge in [-0.15, -0.1) is 0 Å². The Hall–Kier alpha value is -1.11. The maximum absolute atomic E-state index is 12.8. The molecule has 2 amide bonds. The SMILES string of the molecule is CCC(C)C1NC(=O)CCN(c2ccccc2I)C1=O. The quantitative estimate of drug-likeness (QED) is 0.812. The van der Waals surface area contributed by atoms with Crippen LogP contribution in [0.1, 0.15) is 26.7 Å². The summed E-state index contributed by atoms with van der Waals surface area (Å²) in [7, 11) is 0. The molecular formula is C15H19IN2O2. The average molecular weight is 386 g/mol. The minimum Gasteiger partial charge on any atom is -0.344 e. The van der Waals surface area contributed by atoms with Gasteiger partial charge in [0.15, 0.2) is 0 Å². The Morgan fingerprint density at radius 2 is 2.10 bits per heavy atom. The monoisotopic (exact) mass is 386 g/mol. The first-order valence-electron chi connectivity index (χ1n) is 6.89. The van der Waals surface area contributed by atoms with Crippen LogP contribution >= 0.6 is 22.6 Å². The summed E-state index contributed by atoms with van der Waals surface area (Å²) in [5, 5.41) is 2.87. The van der Waals surface area contributed by atoms with E-state index in [0.29, 0.717) is 13.0 Å². The predicted octanol–water partition coefficient (Wildman–Crippen LogP) is 2.56. The van der Waals surface area contributed by atoms with E-state index < -0.39 is 6.04 Å². The molecular weight excluding hydrogens is 367 g/mol. The van der Waals surface area contributed by atoms with Crippen molar-refractivity contribution in [3.63, 3.8) is 0 Å². The fraction of sp³-hybridized carbons (Fsp3) is 0.467. The maximum atomic E-state index is 12.8. The number of para-hydroxylation sites is 1. The van der Waals surface area contributed by atoms with Crippen LogP contribution in [0, 0.1) is 9.49 Å². The molecule has 0 bridgehead atoms. The Kier molecular flexibility index (Phi) is 5.01. The van der Waals surface area contributed by atoms with E-state index in [0.717, 1.165) is 15.7 Å². The largest absolute Gasteiger partial charge is 0.344 e. The van der Waals surface area contributed by atoms with Crippen molar-refractivity contribution in [1.29, 1.82) is 0 Å². The third kappa shape index (κ3) is 3.13. The molecule has 4 nitrogen and oxygen atoms in total. The molecule has 0 aromatic heterocycles. The summed E-state index contributed by atoms with van der Waals surface area (Å²) in [5.41, 5.74) is 0.892. The predicted molar refractivity (Wildman–Crippen MR) is 87.5 cm³/mol. The second-order valence-electron chi connectivity index (χ2n) is 5.12. The van der Waals surface area contributed by atoms with Crippen LogP contribution in [0.15, 0.2) is 24.3 Å². The van der Waals surface area contributed by atoms with E-state index in [1.807, 2.05) is 38.1 Å². The topological polar surface area (TPSA) is 49.4 Å². The molecule has 1 aliphatic heterocycles. The van der Waals surface area contributed by atoms with Gasteiger partial charge in [-0.25, -0.2) is 0 Å². The standard InChI is InChI=1S/C15H19IN2O2/c1-3-10(2)14-15(20)18(9-8-13(19)17-14)12-7-5-4-6-11(12)16/h4-7,10,14H,3,8-9H2,1-2H3,(H,17,19). The third-order valence-corrected chi connectivity index (χ3v) is 4.68. The zero-order chi connectivity index (χ0) is 14.7. The van der Waals surface area contributed by atoms with Crippen molar-refractivity contribution in [2.24, 2.45) is 5.92 Å². The van der Waals surface area contributed by atoms with E-state index in [4.69, 9.17) is 0 Å². The Morgan fingerprint density at radius 1 is 1.40 bits per heavy atom. The second-order valence-corrected chi connectivity index (χ2v) is 6.28. The number of carbonyl (C=O) groups is 2. The molecule has 0 spiro atoms. The molecule has 108 valence electrons. The van der Waals surface area contributed by atoms with Gasteiger partial charge in [-0.2, -0.15) is 0 Å². The minimum atomic E-state index is -0.425. The van der Waals surface area contributed by atoms with Crippen molar-refractivity contribution >= 4 is 40.1 Å². The van der Waals surface area contributed by atoms with Crippen molar-refractivity contribution in [3.05, 3.63) is 27.8 Å². The summed E-state index contributed by atoms with van der Waals surface area (Å²) in [6.07, 6.45) is 1.21. The average Bonchev–Trinajstić information content (AvgIpc) is 2.59. The van der Waals surface area contributed by atoms with Gasteiger partial charge in [-0.1, -0.05) is 32.4 Å². The number of nitrogens with zero attached hydrogens (tertiary/aromatic N) is 1. The van der Waals surface area contributed by atoms with Gasteiger partial charge in [0, 0.05) is 16.5 Å². The van der Waals surface area contributed by atoms with Crippen LogP contribution in [0.25, 0.3) is 0 Å². The van der Waals surface area contributed by atoms with Gasteiger partial charge in [-0.05, 0) is 40.6 Å². The summed E-state index contributed by atoms with van der Waals surface area (Å²) >= 11 is 2.23. The van der Waals surface area contributed by atoms with Crippen LogP contribution < -0.4 is 10.2 Å². The third-order valence-electron chi connectivity index (χ3n) is 3.77. The first-order valence-corrected chi connectivity index (χ1v) is 7.97. The van der Waals surface area contributed by atoms with Crippen LogP contribution in [0.2, 0.25) is 0 Å². The van der Waals surface area contributed by atoms with Crippen molar-refractivity contribution in [1.82, 2.24) is 5.32 Å². The minimum absolute atomic E-state index is 0.00526. The van der Waals surface area contributed by atoms with Gasteiger partial charge in [0.25, 0.3) is 0 Å². The number of benzene rings is 1. The molecule has 1 fully saturated rings. The number of amides is 2. The molecule has 1 aromatic rings. The summed E-state index contributed by atoms with van der Waals surface area (Å²) in [6, 6.07) is 7.35. The van der Waals surface area contributed by atoms with Gasteiger partial charge in [-0.3, -0.25) is 9.59 Å². The van der Waals surface area contributed by atoms with Crippen LogP contribution in [0.3, 0.4) is 0 Å².